The van der Waals surface area contributed by atoms with Crippen LogP contribution in [0.3, 0.4) is 0 Å². The van der Waals surface area contributed by atoms with Gasteiger partial charge in [-0.1, -0.05) is 30.3 Å². The van der Waals surface area contributed by atoms with Gasteiger partial charge in [-0.3, -0.25) is 0 Å². The molecule has 0 amide bonds. The number of aromatic nitrogens is 2. The third-order valence-corrected chi connectivity index (χ3v) is 1.99. The van der Waals surface area contributed by atoms with Crippen LogP contribution in [-0.2, 0) is 0 Å². The lowest BCUT2D eigenvalue weighted by Crippen LogP contribution is -2.68. The van der Waals surface area contributed by atoms with E-state index in [2.05, 4.69) is 15.2 Å². The van der Waals surface area contributed by atoms with E-state index in [1.54, 1.807) is 6.92 Å². The first-order chi connectivity index (χ1) is 7.25. The SMILES string of the molecule is CC(N)=[NH+]c1cc(-c2ccccc2)[nH]n1. The molecule has 0 unspecified atom stereocenters. The number of benzene rings is 1. The van der Waals surface area contributed by atoms with E-state index in [-0.39, 0.29) is 0 Å². The Balaban J connectivity index is 2.32. The molecule has 4 nitrogen and oxygen atoms in total. The highest BCUT2D eigenvalue weighted by atomic mass is 15.2. The molecule has 4 heteroatoms. The summed E-state index contributed by atoms with van der Waals surface area (Å²) in [4.78, 5) is 2.95. The highest BCUT2D eigenvalue weighted by Gasteiger charge is 2.05. The van der Waals surface area contributed by atoms with E-state index in [0.717, 1.165) is 17.1 Å². The van der Waals surface area contributed by atoms with Crippen molar-refractivity contribution in [2.75, 3.05) is 0 Å². The fourth-order valence-electron chi connectivity index (χ4n) is 1.35. The Labute approximate surface area is 87.9 Å². The van der Waals surface area contributed by atoms with Crippen molar-refractivity contribution in [3.8, 4) is 11.3 Å². The first kappa shape index (κ1) is 9.45. The highest BCUT2D eigenvalue weighted by molar-refractivity contribution is 5.72. The molecule has 4 N–H and O–H groups in total. The number of amidine groups is 1. The van der Waals surface area contributed by atoms with Gasteiger partial charge in [0.1, 0.15) is 0 Å². The van der Waals surface area contributed by atoms with Gasteiger partial charge in [0.2, 0.25) is 0 Å². The van der Waals surface area contributed by atoms with Crippen molar-refractivity contribution in [1.82, 2.24) is 10.2 Å². The summed E-state index contributed by atoms with van der Waals surface area (Å²) in [7, 11) is 0. The van der Waals surface area contributed by atoms with E-state index in [1.807, 2.05) is 36.4 Å². The summed E-state index contributed by atoms with van der Waals surface area (Å²) < 4.78 is 0. The smallest absolute Gasteiger partial charge is 0.285 e. The van der Waals surface area contributed by atoms with Gasteiger partial charge in [-0.15, -0.1) is 0 Å². The standard InChI is InChI=1S/C11H12N4/c1-8(12)13-11-7-10(14-15-11)9-5-3-2-4-6-9/h2-7H,1H3,(H3,12,13,14,15)/p+1. The van der Waals surface area contributed by atoms with Crippen molar-refractivity contribution in [3.05, 3.63) is 36.4 Å². The second-order valence-electron chi connectivity index (χ2n) is 3.34. The van der Waals surface area contributed by atoms with Gasteiger partial charge in [0.15, 0.2) is 5.84 Å². The average Bonchev–Trinajstić information content (AvgIpc) is 2.67. The largest absolute Gasteiger partial charge is 0.323 e. The molecule has 1 aromatic carbocycles. The van der Waals surface area contributed by atoms with Crippen molar-refractivity contribution in [2.45, 2.75) is 6.92 Å². The summed E-state index contributed by atoms with van der Waals surface area (Å²) >= 11 is 0. The molecule has 0 bridgehead atoms. The number of nitrogens with two attached hydrogens (primary N) is 1. The average molecular weight is 201 g/mol. The molecule has 1 aromatic heterocycles. The van der Waals surface area contributed by atoms with E-state index in [9.17, 15) is 0 Å². The van der Waals surface area contributed by atoms with E-state index >= 15 is 0 Å². The minimum absolute atomic E-state index is 0.626. The van der Waals surface area contributed by atoms with Crippen molar-refractivity contribution < 1.29 is 4.99 Å². The number of rotatable bonds is 2. The fraction of sp³-hybridized carbons (Fsp3) is 0.0909. The van der Waals surface area contributed by atoms with Crippen LogP contribution in [0.5, 0.6) is 0 Å². The monoisotopic (exact) mass is 201 g/mol. The van der Waals surface area contributed by atoms with Crippen LogP contribution in [0.25, 0.3) is 11.3 Å². The van der Waals surface area contributed by atoms with Gasteiger partial charge in [-0.05, 0) is 5.10 Å². The molecule has 2 aromatic rings. The maximum absolute atomic E-state index is 5.52. The third-order valence-electron chi connectivity index (χ3n) is 1.99. The Kier molecular flexibility index (Phi) is 2.49. The molecule has 0 aliphatic carbocycles. The maximum atomic E-state index is 5.52. The van der Waals surface area contributed by atoms with E-state index in [1.165, 1.54) is 0 Å². The second kappa shape index (κ2) is 3.96. The predicted octanol–water partition coefficient (Wildman–Crippen LogP) is 0.166. The third kappa shape index (κ3) is 2.22. The molecule has 2 rings (SSSR count). The van der Waals surface area contributed by atoms with Crippen LogP contribution < -0.4 is 10.7 Å². The topological polar surface area (TPSA) is 68.7 Å². The quantitative estimate of drug-likeness (QED) is 0.479. The van der Waals surface area contributed by atoms with Crippen molar-refractivity contribution in [2.24, 2.45) is 5.73 Å². The molecule has 0 aliphatic heterocycles. The van der Waals surface area contributed by atoms with E-state index < -0.39 is 0 Å². The molecule has 0 atom stereocenters. The lowest BCUT2D eigenvalue weighted by atomic mass is 10.2. The van der Waals surface area contributed by atoms with Crippen LogP contribution in [0.1, 0.15) is 6.92 Å². The molecule has 0 fully saturated rings. The summed E-state index contributed by atoms with van der Waals surface area (Å²) in [6.07, 6.45) is 0. The number of nitrogens with one attached hydrogen (secondary N) is 2. The fourth-order valence-corrected chi connectivity index (χ4v) is 1.35. The number of nitrogens with zero attached hydrogens (tertiary/aromatic N) is 1. The molecule has 1 heterocycles. The zero-order valence-corrected chi connectivity index (χ0v) is 8.49. The van der Waals surface area contributed by atoms with Crippen LogP contribution in [0.2, 0.25) is 0 Å². The Morgan fingerprint density at radius 3 is 2.73 bits per heavy atom. The zero-order chi connectivity index (χ0) is 10.7. The normalized spacial score (nSPS) is 11.7. The lowest BCUT2D eigenvalue weighted by Gasteiger charge is -1.92. The molecule has 0 saturated heterocycles. The number of hydrogen-bond donors (Lipinski definition) is 3. The lowest BCUT2D eigenvalue weighted by molar-refractivity contribution is -0.360. The highest BCUT2D eigenvalue weighted by Crippen LogP contribution is 2.16. The van der Waals surface area contributed by atoms with Crippen LogP contribution in [0.15, 0.2) is 36.4 Å². The molecule has 76 valence electrons. The van der Waals surface area contributed by atoms with Crippen LogP contribution in [0, 0.1) is 0 Å². The summed E-state index contributed by atoms with van der Waals surface area (Å²) in [5.74, 6) is 1.36. The van der Waals surface area contributed by atoms with E-state index in [0.29, 0.717) is 5.84 Å². The van der Waals surface area contributed by atoms with Gasteiger partial charge in [0, 0.05) is 18.6 Å². The zero-order valence-electron chi connectivity index (χ0n) is 8.49. The van der Waals surface area contributed by atoms with Crippen molar-refractivity contribution >= 4 is 11.7 Å². The summed E-state index contributed by atoms with van der Waals surface area (Å²) in [5.41, 5.74) is 7.60. The maximum Gasteiger partial charge on any atom is 0.285 e. The molecule has 0 spiro atoms. The first-order valence-corrected chi connectivity index (χ1v) is 4.72. The summed E-state index contributed by atoms with van der Waals surface area (Å²) in [5, 5.41) is 7.04. The predicted molar refractivity (Wildman–Crippen MR) is 59.5 cm³/mol. The molecule has 0 saturated carbocycles. The van der Waals surface area contributed by atoms with Gasteiger partial charge in [0.25, 0.3) is 5.82 Å². The summed E-state index contributed by atoms with van der Waals surface area (Å²) in [6.45, 7) is 1.79. The summed E-state index contributed by atoms with van der Waals surface area (Å²) in [6, 6.07) is 11.9. The number of H-pyrrole nitrogens is 1. The van der Waals surface area contributed by atoms with Crippen LogP contribution in [0.4, 0.5) is 5.82 Å². The number of hydrogen-bond acceptors (Lipinski definition) is 1. The first-order valence-electron chi connectivity index (χ1n) is 4.72. The van der Waals surface area contributed by atoms with Gasteiger partial charge >= 0.3 is 0 Å². The van der Waals surface area contributed by atoms with E-state index in [4.69, 9.17) is 5.73 Å². The van der Waals surface area contributed by atoms with Gasteiger partial charge in [-0.2, -0.15) is 0 Å². The van der Waals surface area contributed by atoms with Gasteiger partial charge in [-0.25, -0.2) is 10.1 Å². The van der Waals surface area contributed by atoms with Crippen LogP contribution in [-0.4, -0.2) is 16.0 Å². The molecule has 0 aliphatic rings. The second-order valence-corrected chi connectivity index (χ2v) is 3.34. The Morgan fingerprint density at radius 2 is 2.07 bits per heavy atom. The number of aromatic amines is 1. The minimum atomic E-state index is 0.626. The van der Waals surface area contributed by atoms with Crippen LogP contribution >= 0.6 is 0 Å². The van der Waals surface area contributed by atoms with Crippen molar-refractivity contribution in [1.29, 1.82) is 0 Å². The molecular weight excluding hydrogens is 188 g/mol. The molecule has 15 heavy (non-hydrogen) atoms. The van der Waals surface area contributed by atoms with Gasteiger partial charge < -0.3 is 5.73 Å². The van der Waals surface area contributed by atoms with Gasteiger partial charge in [0.05, 0.1) is 5.69 Å². The Hall–Kier alpha value is -2.10. The molecule has 0 radical (unpaired) electrons. The van der Waals surface area contributed by atoms with Crippen molar-refractivity contribution in [3.63, 3.8) is 0 Å². The minimum Gasteiger partial charge on any atom is -0.323 e. The molecular formula is C11H13N4+. The Bertz CT molecular complexity index is 466. The Morgan fingerprint density at radius 1 is 1.33 bits per heavy atom.